The van der Waals surface area contributed by atoms with Crippen molar-refractivity contribution in [2.24, 2.45) is 0 Å². The highest BCUT2D eigenvalue weighted by Crippen LogP contribution is 2.39. The molecule has 0 aliphatic carbocycles. The second-order valence-electron chi connectivity index (χ2n) is 9.22. The molecule has 1 aliphatic heterocycles. The van der Waals surface area contributed by atoms with Crippen molar-refractivity contribution in [2.75, 3.05) is 13.1 Å². The van der Waals surface area contributed by atoms with Crippen LogP contribution >= 0.6 is 0 Å². The summed E-state index contributed by atoms with van der Waals surface area (Å²) in [5.74, 6) is -0.118. The van der Waals surface area contributed by atoms with Gasteiger partial charge in [0.25, 0.3) is 0 Å². The number of para-hydroxylation sites is 1. The molecule has 6 nitrogen and oxygen atoms in total. The third-order valence-electron chi connectivity index (χ3n) is 7.20. The maximum Gasteiger partial charge on any atom is 0.333 e. The topological polar surface area (TPSA) is 60.1 Å². The number of benzene rings is 2. The molecule has 0 bridgehead atoms. The van der Waals surface area contributed by atoms with Gasteiger partial charge in [-0.1, -0.05) is 30.3 Å². The van der Waals surface area contributed by atoms with E-state index in [2.05, 4.69) is 28.7 Å². The Labute approximate surface area is 208 Å². The van der Waals surface area contributed by atoms with Crippen molar-refractivity contribution < 1.29 is 21.6 Å². The van der Waals surface area contributed by atoms with E-state index >= 15 is 0 Å². The van der Waals surface area contributed by atoms with Crippen LogP contribution in [0.4, 0.5) is 13.2 Å². The summed E-state index contributed by atoms with van der Waals surface area (Å²) in [4.78, 5) is -0.173. The van der Waals surface area contributed by atoms with Crippen molar-refractivity contribution in [3.05, 3.63) is 83.1 Å². The molecule has 5 rings (SSSR count). The monoisotopic (exact) mass is 516 g/mol. The number of fused-ring (bicyclic) bond motifs is 1. The lowest BCUT2D eigenvalue weighted by atomic mass is 9.88. The second-order valence-corrected chi connectivity index (χ2v) is 11.1. The Morgan fingerprint density at radius 1 is 1.00 bits per heavy atom. The Kier molecular flexibility index (Phi) is 6.42. The van der Waals surface area contributed by atoms with Crippen LogP contribution in [0.1, 0.15) is 47.8 Å². The van der Waals surface area contributed by atoms with E-state index in [0.29, 0.717) is 37.2 Å². The first-order valence-corrected chi connectivity index (χ1v) is 13.3. The maximum atomic E-state index is 13.4. The summed E-state index contributed by atoms with van der Waals surface area (Å²) >= 11 is 0. The molecule has 1 aliphatic rings. The molecule has 0 saturated carbocycles. The maximum absolute atomic E-state index is 13.4. The van der Waals surface area contributed by atoms with Crippen LogP contribution in [0.3, 0.4) is 0 Å². The molecule has 0 amide bonds. The number of piperidine rings is 1. The van der Waals surface area contributed by atoms with Gasteiger partial charge >= 0.3 is 6.55 Å². The van der Waals surface area contributed by atoms with Gasteiger partial charge in [0.05, 0.1) is 11.9 Å². The predicted octanol–water partition coefficient (Wildman–Crippen LogP) is 5.61. The van der Waals surface area contributed by atoms with Crippen LogP contribution in [0.2, 0.25) is 0 Å². The summed E-state index contributed by atoms with van der Waals surface area (Å²) in [7, 11) is -3.92. The molecular formula is C26H27F3N4O2S. The summed E-state index contributed by atoms with van der Waals surface area (Å²) < 4.78 is 70.0. The van der Waals surface area contributed by atoms with Crippen LogP contribution in [0, 0.1) is 19.7 Å². The quantitative estimate of drug-likeness (QED) is 0.335. The molecule has 0 spiro atoms. The molecule has 10 heteroatoms. The fourth-order valence-corrected chi connectivity index (χ4v) is 6.95. The molecule has 0 N–H and O–H groups in total. The van der Waals surface area contributed by atoms with Crippen molar-refractivity contribution in [1.82, 2.24) is 18.7 Å². The van der Waals surface area contributed by atoms with Gasteiger partial charge < -0.3 is 4.57 Å². The predicted molar refractivity (Wildman–Crippen MR) is 131 cm³/mol. The summed E-state index contributed by atoms with van der Waals surface area (Å²) in [6, 6.07) is 14.6. The molecule has 1 fully saturated rings. The van der Waals surface area contributed by atoms with Crippen LogP contribution in [-0.2, 0) is 16.6 Å². The first kappa shape index (κ1) is 24.6. The number of hydrogen-bond donors (Lipinski definition) is 0. The molecule has 2 aromatic heterocycles. The van der Waals surface area contributed by atoms with Gasteiger partial charge in [-0.2, -0.15) is 18.2 Å². The van der Waals surface area contributed by atoms with Gasteiger partial charge in [-0.15, -0.1) is 0 Å². The average molecular weight is 517 g/mol. The van der Waals surface area contributed by atoms with E-state index in [-0.39, 0.29) is 22.3 Å². The van der Waals surface area contributed by atoms with Crippen LogP contribution < -0.4 is 0 Å². The summed E-state index contributed by atoms with van der Waals surface area (Å²) in [5.41, 5.74) is 4.32. The Balaban J connectivity index is 1.41. The van der Waals surface area contributed by atoms with Gasteiger partial charge in [0, 0.05) is 36.2 Å². The molecule has 1 saturated heterocycles. The van der Waals surface area contributed by atoms with Crippen LogP contribution in [-0.4, -0.2) is 40.2 Å². The van der Waals surface area contributed by atoms with Crippen LogP contribution in [0.5, 0.6) is 0 Å². The third-order valence-corrected chi connectivity index (χ3v) is 9.20. The summed E-state index contributed by atoms with van der Waals surface area (Å²) in [6.07, 6.45) is 2.25. The van der Waals surface area contributed by atoms with E-state index in [0.717, 1.165) is 28.4 Å². The highest BCUT2D eigenvalue weighted by Gasteiger charge is 2.34. The van der Waals surface area contributed by atoms with Crippen molar-refractivity contribution in [3.63, 3.8) is 0 Å². The van der Waals surface area contributed by atoms with Gasteiger partial charge in [0.1, 0.15) is 10.7 Å². The van der Waals surface area contributed by atoms with Gasteiger partial charge in [0.2, 0.25) is 10.0 Å². The number of alkyl halides is 2. The van der Waals surface area contributed by atoms with Gasteiger partial charge in [-0.25, -0.2) is 17.5 Å². The number of rotatable bonds is 6. The zero-order chi connectivity index (χ0) is 25.6. The summed E-state index contributed by atoms with van der Waals surface area (Å²) in [5, 5.41) is 4.70. The van der Waals surface area contributed by atoms with Crippen LogP contribution in [0.25, 0.3) is 10.9 Å². The zero-order valence-electron chi connectivity index (χ0n) is 20.0. The number of hydrogen-bond acceptors (Lipinski definition) is 3. The van der Waals surface area contributed by atoms with Crippen molar-refractivity contribution in [1.29, 1.82) is 0 Å². The van der Waals surface area contributed by atoms with E-state index in [1.54, 1.807) is 12.1 Å². The van der Waals surface area contributed by atoms with Gasteiger partial charge in [-0.3, -0.25) is 0 Å². The minimum absolute atomic E-state index is 0.0631. The molecule has 3 heterocycles. The lowest BCUT2D eigenvalue weighted by molar-refractivity contribution is 0.0541. The largest absolute Gasteiger partial charge is 0.340 e. The fraction of sp³-hybridized carbons (Fsp3) is 0.346. The van der Waals surface area contributed by atoms with Gasteiger partial charge in [-0.05, 0) is 61.9 Å². The number of halogens is 3. The third kappa shape index (κ3) is 4.22. The normalized spacial score (nSPS) is 15.8. The van der Waals surface area contributed by atoms with Crippen LogP contribution in [0.15, 0.2) is 59.6 Å². The molecule has 36 heavy (non-hydrogen) atoms. The average Bonchev–Trinajstić information content (AvgIpc) is 3.39. The number of sulfonamides is 1. The zero-order valence-corrected chi connectivity index (χ0v) is 20.9. The minimum Gasteiger partial charge on any atom is -0.340 e. The van der Waals surface area contributed by atoms with Crippen molar-refractivity contribution in [3.8, 4) is 0 Å². The fourth-order valence-electron chi connectivity index (χ4n) is 5.33. The molecule has 2 aromatic carbocycles. The Bertz CT molecular complexity index is 1500. The first-order valence-electron chi connectivity index (χ1n) is 11.8. The van der Waals surface area contributed by atoms with E-state index in [1.807, 2.05) is 12.1 Å². The van der Waals surface area contributed by atoms with E-state index in [9.17, 15) is 21.6 Å². The molecule has 0 radical (unpaired) electrons. The Hall–Kier alpha value is -3.11. The number of aromatic nitrogens is 3. The highest BCUT2D eigenvalue weighted by molar-refractivity contribution is 7.89. The minimum atomic E-state index is -3.92. The SMILES string of the molecule is Cc1c(S(=O)(=O)N2CCC(c3c(C)n(Cc4ccc(F)cc4)c4ccccc34)CC2)cnn1C(F)F. The second kappa shape index (κ2) is 9.40. The summed E-state index contributed by atoms with van der Waals surface area (Å²) in [6.45, 7) is 1.72. The Morgan fingerprint density at radius 2 is 1.67 bits per heavy atom. The molecular weight excluding hydrogens is 489 g/mol. The van der Waals surface area contributed by atoms with E-state index < -0.39 is 16.6 Å². The lowest BCUT2D eigenvalue weighted by Crippen LogP contribution is -2.38. The standard InChI is InChI=1S/C26H27F3N4O2S/c1-17-24(15-30-33(17)26(28)29)36(34,35)31-13-11-20(12-14-31)25-18(2)32(23-6-4-3-5-22(23)25)16-19-7-9-21(27)10-8-19/h3-10,15,20,26H,11-14,16H2,1-2H3. The van der Waals surface area contributed by atoms with E-state index in [1.165, 1.54) is 28.9 Å². The lowest BCUT2D eigenvalue weighted by Gasteiger charge is -2.31. The first-order chi connectivity index (χ1) is 17.2. The highest BCUT2D eigenvalue weighted by atomic mass is 32.2. The van der Waals surface area contributed by atoms with Crippen molar-refractivity contribution >= 4 is 20.9 Å². The smallest absolute Gasteiger partial charge is 0.333 e. The Morgan fingerprint density at radius 3 is 2.31 bits per heavy atom. The van der Waals surface area contributed by atoms with Crippen molar-refractivity contribution in [2.45, 2.75) is 50.6 Å². The van der Waals surface area contributed by atoms with Gasteiger partial charge in [0.15, 0.2) is 0 Å². The number of nitrogens with zero attached hydrogens (tertiary/aromatic N) is 4. The molecule has 4 aromatic rings. The van der Waals surface area contributed by atoms with E-state index in [4.69, 9.17) is 0 Å². The molecule has 190 valence electrons. The molecule has 0 unspecified atom stereocenters. The molecule has 0 atom stereocenters.